The van der Waals surface area contributed by atoms with Gasteiger partial charge in [0.25, 0.3) is 11.8 Å². The number of ether oxygens (including phenoxy) is 1. The monoisotopic (exact) mass is 497 g/mol. The Hall–Kier alpha value is -3.07. The minimum absolute atomic E-state index is 0.0378. The Morgan fingerprint density at radius 1 is 1.21 bits per heavy atom. The van der Waals surface area contributed by atoms with Crippen molar-refractivity contribution in [3.05, 3.63) is 48.1 Å². The molecule has 180 valence electrons. The molecule has 3 atom stereocenters. The quantitative estimate of drug-likeness (QED) is 0.451. The second-order valence-electron chi connectivity index (χ2n) is 7.20. The van der Waals surface area contributed by atoms with Crippen LogP contribution in [0.4, 0.5) is 22.0 Å². The van der Waals surface area contributed by atoms with Gasteiger partial charge in [-0.15, -0.1) is 0 Å². The molecule has 9 nitrogen and oxygen atoms in total. The van der Waals surface area contributed by atoms with Crippen LogP contribution >= 0.6 is 0 Å². The van der Waals surface area contributed by atoms with Gasteiger partial charge in [0.15, 0.2) is 0 Å². The molecule has 1 fully saturated rings. The zero-order chi connectivity index (χ0) is 24.6. The van der Waals surface area contributed by atoms with Crippen molar-refractivity contribution in [2.24, 2.45) is 5.16 Å². The third kappa shape index (κ3) is 5.13. The van der Waals surface area contributed by atoms with E-state index in [1.807, 2.05) is 0 Å². The number of amides is 2. The van der Waals surface area contributed by atoms with E-state index in [1.165, 1.54) is 0 Å². The van der Waals surface area contributed by atoms with Gasteiger partial charge in [0.2, 0.25) is 5.60 Å². The predicted molar refractivity (Wildman–Crippen MR) is 101 cm³/mol. The summed E-state index contributed by atoms with van der Waals surface area (Å²) < 4.78 is 92.1. The van der Waals surface area contributed by atoms with Crippen LogP contribution in [0.15, 0.2) is 36.0 Å². The highest BCUT2D eigenvalue weighted by Gasteiger charge is 2.49. The molecule has 0 aliphatic carbocycles. The topological polar surface area (TPSA) is 123 Å². The molecule has 0 unspecified atom stereocenters. The molecule has 0 radical (unpaired) electrons. The fourth-order valence-electron chi connectivity index (χ4n) is 3.12. The number of nitrogens with one attached hydrogen (secondary N) is 2. The summed E-state index contributed by atoms with van der Waals surface area (Å²) in [5.41, 5.74) is -7.36. The molecule has 0 saturated carbocycles. The highest BCUT2D eigenvalue weighted by Crippen LogP contribution is 2.30. The third-order valence-corrected chi connectivity index (χ3v) is 5.90. The van der Waals surface area contributed by atoms with E-state index in [1.54, 1.807) is 0 Å². The van der Waals surface area contributed by atoms with Gasteiger partial charge >= 0.3 is 15.5 Å². The number of alkyl halides is 3. The van der Waals surface area contributed by atoms with Crippen LogP contribution in [0.2, 0.25) is 0 Å². The number of hydrogen-bond donors (Lipinski definition) is 2. The van der Waals surface area contributed by atoms with Crippen LogP contribution in [0.5, 0.6) is 0 Å². The van der Waals surface area contributed by atoms with E-state index in [-0.39, 0.29) is 30.7 Å². The molecule has 0 aromatic heterocycles. The van der Waals surface area contributed by atoms with Gasteiger partial charge in [0, 0.05) is 24.5 Å². The molecule has 1 aromatic carbocycles. The summed E-state index contributed by atoms with van der Waals surface area (Å²) in [5, 5.41) is 6.15. The molecule has 2 amide bonds. The number of benzene rings is 1. The van der Waals surface area contributed by atoms with Crippen molar-refractivity contribution in [2.75, 3.05) is 6.61 Å². The molecule has 2 N–H and O–H groups in total. The number of rotatable bonds is 6. The smallest absolute Gasteiger partial charge is 0.374 e. The summed E-state index contributed by atoms with van der Waals surface area (Å²) in [4.78, 5) is 29.8. The maximum absolute atomic E-state index is 13.5. The minimum Gasteiger partial charge on any atom is -0.374 e. The second-order valence-corrected chi connectivity index (χ2v) is 8.88. The van der Waals surface area contributed by atoms with Gasteiger partial charge < -0.3 is 14.9 Å². The van der Waals surface area contributed by atoms with E-state index < -0.39 is 56.7 Å². The van der Waals surface area contributed by atoms with E-state index in [4.69, 9.17) is 9.57 Å². The lowest BCUT2D eigenvalue weighted by molar-refractivity contribution is -0.139. The third-order valence-electron chi connectivity index (χ3n) is 4.82. The molecule has 3 rings (SSSR count). The summed E-state index contributed by atoms with van der Waals surface area (Å²) in [6.07, 6.45) is -1.04. The molecule has 15 heteroatoms. The van der Waals surface area contributed by atoms with Gasteiger partial charge in [0.1, 0.15) is 17.7 Å². The van der Waals surface area contributed by atoms with E-state index in [0.29, 0.717) is 6.07 Å². The number of halogens is 5. The zero-order valence-electron chi connectivity index (χ0n) is 16.5. The lowest BCUT2D eigenvalue weighted by atomic mass is 9.92. The van der Waals surface area contributed by atoms with Crippen molar-refractivity contribution in [1.29, 1.82) is 0 Å². The summed E-state index contributed by atoms with van der Waals surface area (Å²) in [7, 11) is -5.91. The van der Waals surface area contributed by atoms with Crippen molar-refractivity contribution in [3.63, 3.8) is 0 Å². The van der Waals surface area contributed by atoms with Crippen LogP contribution in [-0.4, -0.2) is 55.8 Å². The van der Waals surface area contributed by atoms with Crippen LogP contribution in [0, 0.1) is 11.6 Å². The van der Waals surface area contributed by atoms with E-state index in [0.717, 1.165) is 22.9 Å². The molecule has 0 bridgehead atoms. The Morgan fingerprint density at radius 2 is 1.85 bits per heavy atom. The van der Waals surface area contributed by atoms with Crippen molar-refractivity contribution >= 4 is 27.5 Å². The molecule has 1 saturated heterocycles. The Morgan fingerprint density at radius 3 is 2.42 bits per heavy atom. The van der Waals surface area contributed by atoms with Gasteiger partial charge in [0.05, 0.1) is 18.4 Å². The van der Waals surface area contributed by atoms with Crippen LogP contribution in [-0.2, 0) is 29.2 Å². The largest absolute Gasteiger partial charge is 0.516 e. The maximum Gasteiger partial charge on any atom is 0.516 e. The zero-order valence-corrected chi connectivity index (χ0v) is 17.3. The number of carbonyl (C=O) groups is 2. The predicted octanol–water partition coefficient (Wildman–Crippen LogP) is 1.25. The van der Waals surface area contributed by atoms with Gasteiger partial charge in [-0.05, 0) is 18.2 Å². The van der Waals surface area contributed by atoms with Crippen LogP contribution in [0.3, 0.4) is 0 Å². The summed E-state index contributed by atoms with van der Waals surface area (Å²) in [6.45, 7) is 3.19. The highest BCUT2D eigenvalue weighted by molar-refractivity contribution is 7.90. The van der Waals surface area contributed by atoms with Gasteiger partial charge in [-0.1, -0.05) is 11.7 Å². The second kappa shape index (κ2) is 8.70. The number of oxime groups is 1. The van der Waals surface area contributed by atoms with Crippen molar-refractivity contribution in [3.8, 4) is 0 Å². The van der Waals surface area contributed by atoms with Gasteiger partial charge in [-0.3, -0.25) is 9.59 Å². The SMILES string of the molecule is C=C[C@]1(C(=O)N[C@@H]2CO[C@H](C(=O)NS(=O)(=O)C(F)(F)F)C2)CC(c2cc(F)cc(F)c2)=NO1. The van der Waals surface area contributed by atoms with E-state index >= 15 is 0 Å². The maximum atomic E-state index is 13.5. The molecular weight excluding hydrogens is 481 g/mol. The molecule has 2 aliphatic heterocycles. The molecule has 1 aromatic rings. The van der Waals surface area contributed by atoms with Crippen molar-refractivity contribution in [1.82, 2.24) is 10.0 Å². The van der Waals surface area contributed by atoms with Crippen LogP contribution < -0.4 is 10.0 Å². The molecule has 33 heavy (non-hydrogen) atoms. The van der Waals surface area contributed by atoms with E-state index in [9.17, 15) is 40.0 Å². The summed E-state index contributed by atoms with van der Waals surface area (Å²) in [5.74, 6) is -4.09. The van der Waals surface area contributed by atoms with Crippen LogP contribution in [0.25, 0.3) is 0 Å². The highest BCUT2D eigenvalue weighted by atomic mass is 32.2. The average Bonchev–Trinajstić information content (AvgIpc) is 3.34. The van der Waals surface area contributed by atoms with Crippen LogP contribution in [0.1, 0.15) is 18.4 Å². The minimum atomic E-state index is -5.91. The van der Waals surface area contributed by atoms with Crippen molar-refractivity contribution in [2.45, 2.75) is 36.1 Å². The standard InChI is InChI=1S/C18H16F5N3O6S/c1-2-17(7-13(25-32-17)9-3-10(19)5-11(20)4-9)16(28)24-12-6-14(31-8-12)15(27)26-33(29,30)18(21,22)23/h2-5,12,14H,1,6-8H2,(H,24,28)(H,26,27)/t12-,14-,17+/m0/s1. The number of carbonyl (C=O) groups excluding carboxylic acids is 2. The van der Waals surface area contributed by atoms with E-state index in [2.05, 4.69) is 17.1 Å². The molecule has 2 aliphatic rings. The first kappa shape index (κ1) is 24.6. The Balaban J connectivity index is 1.62. The molecule has 0 spiro atoms. The Labute approximate surface area is 183 Å². The fourth-order valence-corrected chi connectivity index (χ4v) is 3.63. The van der Waals surface area contributed by atoms with Gasteiger partial charge in [-0.25, -0.2) is 13.5 Å². The lowest BCUT2D eigenvalue weighted by Gasteiger charge is -2.23. The first-order valence-corrected chi connectivity index (χ1v) is 10.7. The number of hydrogen-bond acceptors (Lipinski definition) is 7. The normalized spacial score (nSPS) is 25.2. The lowest BCUT2D eigenvalue weighted by Crippen LogP contribution is -2.50. The molecular formula is C18H16F5N3O6S. The Bertz CT molecular complexity index is 1100. The Kier molecular flexibility index (Phi) is 6.48. The summed E-state index contributed by atoms with van der Waals surface area (Å²) in [6, 6.07) is 1.74. The fraction of sp³-hybridized carbons (Fsp3) is 0.389. The average molecular weight is 497 g/mol. The number of nitrogens with zero attached hydrogens (tertiary/aromatic N) is 1. The summed E-state index contributed by atoms with van der Waals surface area (Å²) >= 11 is 0. The molecule has 2 heterocycles. The first-order valence-electron chi connectivity index (χ1n) is 9.17. The van der Waals surface area contributed by atoms with Crippen molar-refractivity contribution < 1.29 is 49.5 Å². The van der Waals surface area contributed by atoms with Gasteiger partial charge in [-0.2, -0.15) is 21.6 Å². The first-order chi connectivity index (χ1) is 15.3. The number of sulfonamides is 1.